The highest BCUT2D eigenvalue weighted by Crippen LogP contribution is 2.37. The van der Waals surface area contributed by atoms with Crippen molar-refractivity contribution in [2.75, 3.05) is 0 Å². The fraction of sp³-hybridized carbons (Fsp3) is 0.300. The Kier molecular flexibility index (Phi) is 4.79. The van der Waals surface area contributed by atoms with Crippen molar-refractivity contribution in [1.82, 2.24) is 0 Å². The van der Waals surface area contributed by atoms with E-state index in [2.05, 4.69) is 81.1 Å². The maximum Gasteiger partial charge on any atom is -0.00350 e. The van der Waals surface area contributed by atoms with Gasteiger partial charge in [-0.05, 0) is 35.0 Å². The molecular formula is C20H24. The van der Waals surface area contributed by atoms with Gasteiger partial charge in [0.1, 0.15) is 0 Å². The average Bonchev–Trinajstić information content (AvgIpc) is 2.49. The Balaban J connectivity index is 2.24. The quantitative estimate of drug-likeness (QED) is 0.614. The summed E-state index contributed by atoms with van der Waals surface area (Å²) in [5.41, 5.74) is 4.07. The van der Waals surface area contributed by atoms with E-state index >= 15 is 0 Å². The van der Waals surface area contributed by atoms with Gasteiger partial charge >= 0.3 is 0 Å². The molecule has 0 aromatic heterocycles. The summed E-state index contributed by atoms with van der Waals surface area (Å²) in [5.74, 6) is 0. The first-order chi connectivity index (χ1) is 9.65. The summed E-state index contributed by atoms with van der Waals surface area (Å²) in [6.45, 7) is 8.94. The molecule has 104 valence electrons. The molecule has 0 fully saturated rings. The van der Waals surface area contributed by atoms with Crippen LogP contribution < -0.4 is 0 Å². The molecule has 0 saturated carbocycles. The number of rotatable bonds is 6. The lowest BCUT2D eigenvalue weighted by atomic mass is 9.73. The van der Waals surface area contributed by atoms with Gasteiger partial charge in [-0.3, -0.25) is 0 Å². The van der Waals surface area contributed by atoms with Crippen LogP contribution in [0.15, 0.2) is 67.2 Å². The Labute approximate surface area is 123 Å². The lowest BCUT2D eigenvalue weighted by Crippen LogP contribution is -2.22. The van der Waals surface area contributed by atoms with Crippen LogP contribution in [0.25, 0.3) is 5.57 Å². The highest BCUT2D eigenvalue weighted by Gasteiger charge is 2.26. The van der Waals surface area contributed by atoms with Crippen molar-refractivity contribution in [1.29, 1.82) is 0 Å². The van der Waals surface area contributed by atoms with Crippen molar-refractivity contribution in [3.05, 3.63) is 78.4 Å². The first kappa shape index (κ1) is 14.6. The van der Waals surface area contributed by atoms with Crippen molar-refractivity contribution in [3.63, 3.8) is 0 Å². The SMILES string of the molecule is C=C(CC(C)(CCC)c1ccccc1)c1ccccc1. The van der Waals surface area contributed by atoms with Gasteiger partial charge in [0.15, 0.2) is 0 Å². The van der Waals surface area contributed by atoms with Gasteiger partial charge in [-0.1, -0.05) is 87.5 Å². The summed E-state index contributed by atoms with van der Waals surface area (Å²) in [6, 6.07) is 21.4. The number of allylic oxidation sites excluding steroid dienone is 1. The highest BCUT2D eigenvalue weighted by molar-refractivity contribution is 5.64. The molecule has 0 spiro atoms. The van der Waals surface area contributed by atoms with Gasteiger partial charge in [-0.25, -0.2) is 0 Å². The standard InChI is InChI=1S/C20H24/c1-4-15-20(3,19-13-9-6-10-14-19)16-17(2)18-11-7-5-8-12-18/h5-14H,2,4,15-16H2,1,3H3. The van der Waals surface area contributed by atoms with E-state index < -0.39 is 0 Å². The fourth-order valence-electron chi connectivity index (χ4n) is 2.97. The molecular weight excluding hydrogens is 240 g/mol. The predicted molar refractivity (Wildman–Crippen MR) is 88.8 cm³/mol. The van der Waals surface area contributed by atoms with Crippen LogP contribution in [-0.4, -0.2) is 0 Å². The van der Waals surface area contributed by atoms with Crippen LogP contribution in [0.4, 0.5) is 0 Å². The van der Waals surface area contributed by atoms with E-state index in [4.69, 9.17) is 0 Å². The minimum Gasteiger partial charge on any atom is -0.0952 e. The first-order valence-electron chi connectivity index (χ1n) is 7.44. The van der Waals surface area contributed by atoms with Gasteiger partial charge in [0.05, 0.1) is 0 Å². The normalized spacial score (nSPS) is 13.7. The Morgan fingerprint density at radius 2 is 1.50 bits per heavy atom. The number of benzene rings is 2. The van der Waals surface area contributed by atoms with Crippen LogP contribution >= 0.6 is 0 Å². The Hall–Kier alpha value is -1.82. The second-order valence-electron chi connectivity index (χ2n) is 5.82. The minimum atomic E-state index is 0.170. The molecule has 2 aromatic carbocycles. The maximum absolute atomic E-state index is 4.32. The summed E-state index contributed by atoms with van der Waals surface area (Å²) < 4.78 is 0. The zero-order chi connectivity index (χ0) is 14.4. The molecule has 0 aliphatic rings. The van der Waals surface area contributed by atoms with Gasteiger partial charge in [-0.15, -0.1) is 0 Å². The average molecular weight is 264 g/mol. The van der Waals surface area contributed by atoms with E-state index in [0.29, 0.717) is 0 Å². The van der Waals surface area contributed by atoms with E-state index in [9.17, 15) is 0 Å². The van der Waals surface area contributed by atoms with Crippen LogP contribution in [0.5, 0.6) is 0 Å². The molecule has 0 radical (unpaired) electrons. The topological polar surface area (TPSA) is 0 Å². The zero-order valence-electron chi connectivity index (χ0n) is 12.6. The summed E-state index contributed by atoms with van der Waals surface area (Å²) in [5, 5.41) is 0. The second-order valence-corrected chi connectivity index (χ2v) is 5.82. The van der Waals surface area contributed by atoms with Crippen molar-refractivity contribution >= 4 is 5.57 Å². The van der Waals surface area contributed by atoms with Crippen LogP contribution in [0.2, 0.25) is 0 Å². The highest BCUT2D eigenvalue weighted by atomic mass is 14.3. The van der Waals surface area contributed by atoms with Crippen LogP contribution in [0.3, 0.4) is 0 Å². The van der Waals surface area contributed by atoms with E-state index in [-0.39, 0.29) is 5.41 Å². The van der Waals surface area contributed by atoms with Crippen molar-refractivity contribution in [3.8, 4) is 0 Å². The van der Waals surface area contributed by atoms with Gasteiger partial charge in [0.25, 0.3) is 0 Å². The molecule has 2 aromatic rings. The van der Waals surface area contributed by atoms with Crippen LogP contribution in [-0.2, 0) is 5.41 Å². The van der Waals surface area contributed by atoms with E-state index in [0.717, 1.165) is 6.42 Å². The molecule has 2 rings (SSSR count). The molecule has 0 aliphatic carbocycles. The lowest BCUT2D eigenvalue weighted by molar-refractivity contribution is 0.439. The molecule has 0 heteroatoms. The molecule has 0 bridgehead atoms. The maximum atomic E-state index is 4.32. The summed E-state index contributed by atoms with van der Waals surface area (Å²) >= 11 is 0. The monoisotopic (exact) mass is 264 g/mol. The summed E-state index contributed by atoms with van der Waals surface area (Å²) in [7, 11) is 0. The third-order valence-corrected chi connectivity index (χ3v) is 4.06. The number of hydrogen-bond donors (Lipinski definition) is 0. The van der Waals surface area contributed by atoms with Crippen molar-refractivity contribution < 1.29 is 0 Å². The third-order valence-electron chi connectivity index (χ3n) is 4.06. The largest absolute Gasteiger partial charge is 0.0952 e. The first-order valence-corrected chi connectivity index (χ1v) is 7.44. The predicted octanol–water partition coefficient (Wildman–Crippen LogP) is 5.85. The molecule has 0 nitrogen and oxygen atoms in total. The van der Waals surface area contributed by atoms with Gasteiger partial charge in [-0.2, -0.15) is 0 Å². The Morgan fingerprint density at radius 3 is 2.05 bits per heavy atom. The number of hydrogen-bond acceptors (Lipinski definition) is 0. The van der Waals surface area contributed by atoms with Crippen molar-refractivity contribution in [2.45, 2.75) is 38.5 Å². The molecule has 0 aliphatic heterocycles. The molecule has 0 saturated heterocycles. The molecule has 0 N–H and O–H groups in total. The molecule has 1 unspecified atom stereocenters. The van der Waals surface area contributed by atoms with E-state index in [1.165, 1.54) is 29.5 Å². The lowest BCUT2D eigenvalue weighted by Gasteiger charge is -2.31. The van der Waals surface area contributed by atoms with Crippen molar-refractivity contribution in [2.24, 2.45) is 0 Å². The minimum absolute atomic E-state index is 0.170. The fourth-order valence-corrected chi connectivity index (χ4v) is 2.97. The van der Waals surface area contributed by atoms with Crippen LogP contribution in [0.1, 0.15) is 44.2 Å². The van der Waals surface area contributed by atoms with Gasteiger partial charge in [0, 0.05) is 0 Å². The zero-order valence-corrected chi connectivity index (χ0v) is 12.6. The summed E-state index contributed by atoms with van der Waals surface area (Å²) in [4.78, 5) is 0. The smallest absolute Gasteiger partial charge is 0.00350 e. The summed E-state index contributed by atoms with van der Waals surface area (Å²) in [6.07, 6.45) is 3.38. The Bertz CT molecular complexity index is 539. The van der Waals surface area contributed by atoms with Gasteiger partial charge < -0.3 is 0 Å². The Morgan fingerprint density at radius 1 is 0.950 bits per heavy atom. The van der Waals surface area contributed by atoms with Crippen LogP contribution in [0, 0.1) is 0 Å². The molecule has 0 amide bonds. The van der Waals surface area contributed by atoms with E-state index in [1.807, 2.05) is 0 Å². The van der Waals surface area contributed by atoms with Gasteiger partial charge in [0.2, 0.25) is 0 Å². The molecule has 20 heavy (non-hydrogen) atoms. The third kappa shape index (κ3) is 3.39. The molecule has 1 atom stereocenters. The second kappa shape index (κ2) is 6.56. The van der Waals surface area contributed by atoms with E-state index in [1.54, 1.807) is 0 Å². The molecule has 0 heterocycles.